The van der Waals surface area contributed by atoms with Gasteiger partial charge < -0.3 is 9.73 Å². The molecule has 0 spiro atoms. The summed E-state index contributed by atoms with van der Waals surface area (Å²) in [6, 6.07) is 10.9. The number of nitrogens with one attached hydrogen (secondary N) is 2. The van der Waals surface area contributed by atoms with Crippen LogP contribution in [0.25, 0.3) is 17.1 Å². The maximum Gasteiger partial charge on any atom is 0.321 e. The number of carbonyl (C=O) groups is 2. The van der Waals surface area contributed by atoms with Crippen LogP contribution in [0.15, 0.2) is 52.2 Å². The van der Waals surface area contributed by atoms with Crippen LogP contribution in [0.1, 0.15) is 12.7 Å². The smallest absolute Gasteiger partial charge is 0.321 e. The molecule has 3 aromatic rings. The Morgan fingerprint density at radius 2 is 1.96 bits per heavy atom. The highest BCUT2D eigenvalue weighted by Gasteiger charge is 2.19. The summed E-state index contributed by atoms with van der Waals surface area (Å²) in [6.07, 6.45) is 1.60. The lowest BCUT2D eigenvalue weighted by Crippen LogP contribution is -2.40. The maximum atomic E-state index is 12.0. The van der Waals surface area contributed by atoms with E-state index in [1.807, 2.05) is 47.9 Å². The largest absolute Gasteiger partial charge is 0.469 e. The molecule has 0 bridgehead atoms. The monoisotopic (exact) mass is 385 g/mol. The van der Waals surface area contributed by atoms with Crippen LogP contribution >= 0.6 is 11.8 Å². The number of benzene rings is 1. The van der Waals surface area contributed by atoms with Gasteiger partial charge in [-0.05, 0) is 32.0 Å². The Morgan fingerprint density at radius 1 is 1.19 bits per heavy atom. The molecule has 0 aliphatic carbocycles. The molecular formula is C18H19N5O3S. The quantitative estimate of drug-likeness (QED) is 0.633. The minimum absolute atomic E-state index is 0.0342. The van der Waals surface area contributed by atoms with Gasteiger partial charge in [-0.3, -0.25) is 14.7 Å². The molecule has 8 nitrogen and oxygen atoms in total. The Morgan fingerprint density at radius 3 is 2.63 bits per heavy atom. The molecular weight excluding hydrogens is 366 g/mol. The molecule has 0 saturated carbocycles. The Bertz CT molecular complexity index is 936. The first-order valence-electron chi connectivity index (χ1n) is 8.36. The summed E-state index contributed by atoms with van der Waals surface area (Å²) in [5.74, 6) is 0.978. The van der Waals surface area contributed by atoms with Gasteiger partial charge >= 0.3 is 6.03 Å². The fraction of sp³-hybridized carbons (Fsp3) is 0.222. The zero-order valence-corrected chi connectivity index (χ0v) is 15.7. The highest BCUT2D eigenvalue weighted by molar-refractivity contribution is 7.99. The van der Waals surface area contributed by atoms with E-state index in [-0.39, 0.29) is 5.75 Å². The molecule has 0 aliphatic heterocycles. The summed E-state index contributed by atoms with van der Waals surface area (Å²) in [6.45, 7) is 4.08. The highest BCUT2D eigenvalue weighted by atomic mass is 32.2. The Balaban J connectivity index is 1.86. The van der Waals surface area contributed by atoms with Crippen LogP contribution in [-0.4, -0.2) is 39.0 Å². The first-order valence-corrected chi connectivity index (χ1v) is 9.34. The molecule has 9 heteroatoms. The third kappa shape index (κ3) is 4.37. The van der Waals surface area contributed by atoms with Crippen molar-refractivity contribution in [3.05, 3.63) is 48.4 Å². The lowest BCUT2D eigenvalue weighted by atomic mass is 10.2. The summed E-state index contributed by atoms with van der Waals surface area (Å²) in [4.78, 5) is 23.4. The predicted octanol–water partition coefficient (Wildman–Crippen LogP) is 2.77. The van der Waals surface area contributed by atoms with E-state index < -0.39 is 11.9 Å². The number of thioether (sulfide) groups is 1. The van der Waals surface area contributed by atoms with Crippen LogP contribution in [0.5, 0.6) is 0 Å². The molecule has 0 atom stereocenters. The number of urea groups is 1. The number of para-hydroxylation sites is 1. The molecule has 140 valence electrons. The van der Waals surface area contributed by atoms with Gasteiger partial charge in [0.15, 0.2) is 11.0 Å². The molecule has 0 radical (unpaired) electrons. The van der Waals surface area contributed by atoms with E-state index in [2.05, 4.69) is 20.8 Å². The van der Waals surface area contributed by atoms with Crippen molar-refractivity contribution in [1.29, 1.82) is 0 Å². The summed E-state index contributed by atoms with van der Waals surface area (Å²) in [7, 11) is 0. The molecule has 0 unspecified atom stereocenters. The van der Waals surface area contributed by atoms with Gasteiger partial charge in [-0.1, -0.05) is 30.0 Å². The SMILES string of the molecule is CCNC(=O)NC(=O)CSc1nnc(-c2ccoc2C)n1-c1ccccc1. The van der Waals surface area contributed by atoms with Crippen molar-refractivity contribution in [1.82, 2.24) is 25.4 Å². The van der Waals surface area contributed by atoms with Crippen LogP contribution < -0.4 is 10.6 Å². The standard InChI is InChI=1S/C18H19N5O3S/c1-3-19-17(25)20-15(24)11-27-18-22-21-16(14-9-10-26-12(14)2)23(18)13-7-5-4-6-8-13/h4-10H,3,11H2,1-2H3,(H2,19,20,24,25). The highest BCUT2D eigenvalue weighted by Crippen LogP contribution is 2.30. The van der Waals surface area contributed by atoms with Gasteiger partial charge in [0.05, 0.1) is 17.6 Å². The van der Waals surface area contributed by atoms with Gasteiger partial charge in [0.1, 0.15) is 5.76 Å². The molecule has 2 N–H and O–H groups in total. The topological polar surface area (TPSA) is 102 Å². The number of furan rings is 1. The molecule has 3 amide bonds. The Hall–Kier alpha value is -3.07. The Labute approximate surface area is 160 Å². The first-order chi connectivity index (χ1) is 13.1. The zero-order valence-electron chi connectivity index (χ0n) is 14.9. The van der Waals surface area contributed by atoms with Crippen LogP contribution in [0.3, 0.4) is 0 Å². The van der Waals surface area contributed by atoms with Crippen molar-refractivity contribution >= 4 is 23.7 Å². The number of hydrogen-bond acceptors (Lipinski definition) is 6. The van der Waals surface area contributed by atoms with Gasteiger partial charge in [0, 0.05) is 12.2 Å². The Kier molecular flexibility index (Phi) is 5.92. The number of carbonyl (C=O) groups excluding carboxylic acids is 2. The van der Waals surface area contributed by atoms with E-state index in [1.165, 1.54) is 11.8 Å². The third-order valence-electron chi connectivity index (χ3n) is 3.67. The van der Waals surface area contributed by atoms with Crippen LogP contribution in [0.4, 0.5) is 4.79 Å². The predicted molar refractivity (Wildman–Crippen MR) is 102 cm³/mol. The minimum Gasteiger partial charge on any atom is -0.469 e. The van der Waals surface area contributed by atoms with Crippen molar-refractivity contribution in [3.63, 3.8) is 0 Å². The molecule has 3 rings (SSSR count). The van der Waals surface area contributed by atoms with Crippen molar-refractivity contribution in [3.8, 4) is 17.1 Å². The lowest BCUT2D eigenvalue weighted by molar-refractivity contribution is -0.117. The van der Waals surface area contributed by atoms with Crippen LogP contribution in [0, 0.1) is 6.92 Å². The second kappa shape index (κ2) is 8.54. The molecule has 0 fully saturated rings. The molecule has 0 aliphatic rings. The van der Waals surface area contributed by atoms with E-state index in [0.29, 0.717) is 17.5 Å². The van der Waals surface area contributed by atoms with E-state index in [4.69, 9.17) is 4.42 Å². The van der Waals surface area contributed by atoms with Crippen molar-refractivity contribution in [2.75, 3.05) is 12.3 Å². The fourth-order valence-electron chi connectivity index (χ4n) is 2.46. The summed E-state index contributed by atoms with van der Waals surface area (Å²) < 4.78 is 7.25. The summed E-state index contributed by atoms with van der Waals surface area (Å²) >= 11 is 1.20. The molecule has 0 saturated heterocycles. The molecule has 1 aromatic carbocycles. The molecule has 2 aromatic heterocycles. The van der Waals surface area contributed by atoms with E-state index >= 15 is 0 Å². The summed E-state index contributed by atoms with van der Waals surface area (Å²) in [5, 5.41) is 13.8. The van der Waals surface area contributed by atoms with Gasteiger partial charge in [-0.15, -0.1) is 10.2 Å². The van der Waals surface area contributed by atoms with Gasteiger partial charge in [0.25, 0.3) is 0 Å². The van der Waals surface area contributed by atoms with E-state index in [1.54, 1.807) is 13.2 Å². The molecule has 27 heavy (non-hydrogen) atoms. The third-order valence-corrected chi connectivity index (χ3v) is 4.60. The number of aryl methyl sites for hydroxylation is 1. The maximum absolute atomic E-state index is 12.0. The van der Waals surface area contributed by atoms with Crippen molar-refractivity contribution < 1.29 is 14.0 Å². The second-order valence-electron chi connectivity index (χ2n) is 5.56. The van der Waals surface area contributed by atoms with Gasteiger partial charge in [0.2, 0.25) is 5.91 Å². The van der Waals surface area contributed by atoms with Crippen LogP contribution in [-0.2, 0) is 4.79 Å². The number of rotatable bonds is 6. The fourth-order valence-corrected chi connectivity index (χ4v) is 3.21. The van der Waals surface area contributed by atoms with E-state index in [0.717, 1.165) is 17.0 Å². The number of nitrogens with zero attached hydrogens (tertiary/aromatic N) is 3. The average Bonchev–Trinajstić information content (AvgIpc) is 3.26. The average molecular weight is 385 g/mol. The zero-order chi connectivity index (χ0) is 19.2. The number of hydrogen-bond donors (Lipinski definition) is 2. The lowest BCUT2D eigenvalue weighted by Gasteiger charge is -2.10. The van der Waals surface area contributed by atoms with Crippen molar-refractivity contribution in [2.24, 2.45) is 0 Å². The minimum atomic E-state index is -0.512. The van der Waals surface area contributed by atoms with E-state index in [9.17, 15) is 9.59 Å². The number of amides is 3. The van der Waals surface area contributed by atoms with Gasteiger partial charge in [-0.2, -0.15) is 0 Å². The normalized spacial score (nSPS) is 10.6. The number of aromatic nitrogens is 3. The number of imide groups is 1. The van der Waals surface area contributed by atoms with Crippen molar-refractivity contribution in [2.45, 2.75) is 19.0 Å². The first kappa shape index (κ1) is 18.7. The summed E-state index contributed by atoms with van der Waals surface area (Å²) in [5.41, 5.74) is 1.69. The second-order valence-corrected chi connectivity index (χ2v) is 6.51. The van der Waals surface area contributed by atoms with Crippen LogP contribution in [0.2, 0.25) is 0 Å². The molecule has 2 heterocycles. The van der Waals surface area contributed by atoms with Gasteiger partial charge in [-0.25, -0.2) is 4.79 Å².